The number of carbonyl (C=O) groups is 3. The molecule has 6 nitrogen and oxygen atoms in total. The Morgan fingerprint density at radius 1 is 0.344 bits per heavy atom. The van der Waals surface area contributed by atoms with Crippen LogP contribution in [0.25, 0.3) is 0 Å². The molecule has 0 rings (SSSR count). The van der Waals surface area contributed by atoms with E-state index in [1.165, 1.54) is 77.0 Å². The zero-order valence-electron chi connectivity index (χ0n) is 39.7. The smallest absolute Gasteiger partial charge is 0.306 e. The number of esters is 3. The normalized spacial score (nSPS) is 12.8. The summed E-state index contributed by atoms with van der Waals surface area (Å²) in [6, 6.07) is 0. The van der Waals surface area contributed by atoms with Gasteiger partial charge in [-0.2, -0.15) is 0 Å². The zero-order chi connectivity index (χ0) is 44.4. The summed E-state index contributed by atoms with van der Waals surface area (Å²) >= 11 is 0. The topological polar surface area (TPSA) is 78.9 Å². The summed E-state index contributed by atoms with van der Waals surface area (Å²) in [6.45, 7) is 6.41. The second-order valence-corrected chi connectivity index (χ2v) is 16.3. The number of carbonyl (C=O) groups excluding carboxylic acids is 3. The molecule has 0 aromatic rings. The van der Waals surface area contributed by atoms with Crippen molar-refractivity contribution < 1.29 is 28.6 Å². The lowest BCUT2D eigenvalue weighted by Gasteiger charge is -2.18. The Bertz CT molecular complexity index is 1200. The van der Waals surface area contributed by atoms with E-state index < -0.39 is 6.10 Å². The Balaban J connectivity index is 4.50. The molecule has 0 fully saturated rings. The number of allylic oxidation sites excluding steroid dienone is 14. The summed E-state index contributed by atoms with van der Waals surface area (Å²) < 4.78 is 16.7. The Morgan fingerprint density at radius 2 is 0.656 bits per heavy atom. The van der Waals surface area contributed by atoms with Crippen LogP contribution in [0, 0.1) is 0 Å². The van der Waals surface area contributed by atoms with Gasteiger partial charge in [-0.15, -0.1) is 0 Å². The standard InChI is InChI=1S/C55H92O6/c1-4-7-10-13-16-19-22-25-27-28-29-31-33-36-39-42-45-48-54(57)60-51-52(50-59-53(56)47-44-41-38-35-32-24-21-18-15-12-9-6-3)61-55(58)49-46-43-40-37-34-30-26-23-20-17-14-11-8-5-2/h7,10,16,18-19,21,23,25-27,29,31,36,39,52H,4-6,8-9,11-15,17,20,22,24,28,30,32-35,37-38,40-51H2,1-3H3/b10-7-,19-16-,21-18-,26-23-,27-25-,31-29-,39-36-. The number of hydrogen-bond acceptors (Lipinski definition) is 6. The second kappa shape index (κ2) is 49.2. The molecule has 0 aromatic carbocycles. The molecule has 6 heteroatoms. The van der Waals surface area contributed by atoms with Crippen LogP contribution >= 0.6 is 0 Å². The maximum Gasteiger partial charge on any atom is 0.306 e. The van der Waals surface area contributed by atoms with Gasteiger partial charge in [0, 0.05) is 19.3 Å². The lowest BCUT2D eigenvalue weighted by atomic mass is 10.1. The Hall–Kier alpha value is -3.41. The summed E-state index contributed by atoms with van der Waals surface area (Å²) in [4.78, 5) is 37.9. The van der Waals surface area contributed by atoms with Gasteiger partial charge in [0.25, 0.3) is 0 Å². The van der Waals surface area contributed by atoms with Crippen molar-refractivity contribution in [2.24, 2.45) is 0 Å². The number of rotatable bonds is 44. The van der Waals surface area contributed by atoms with E-state index in [1.54, 1.807) is 0 Å². The summed E-state index contributed by atoms with van der Waals surface area (Å²) in [6.07, 6.45) is 62.8. The van der Waals surface area contributed by atoms with E-state index in [9.17, 15) is 14.4 Å². The molecule has 0 saturated heterocycles. The van der Waals surface area contributed by atoms with E-state index in [0.29, 0.717) is 19.3 Å². The molecule has 0 N–H and O–H groups in total. The highest BCUT2D eigenvalue weighted by Crippen LogP contribution is 2.13. The maximum absolute atomic E-state index is 12.8. The first-order chi connectivity index (χ1) is 30.0. The fourth-order valence-corrected chi connectivity index (χ4v) is 6.58. The van der Waals surface area contributed by atoms with Crippen molar-refractivity contribution in [3.05, 3.63) is 85.1 Å². The Labute approximate surface area is 375 Å². The lowest BCUT2D eigenvalue weighted by Crippen LogP contribution is -2.30. The van der Waals surface area contributed by atoms with Gasteiger partial charge in [-0.25, -0.2) is 0 Å². The molecule has 0 amide bonds. The van der Waals surface area contributed by atoms with Crippen LogP contribution in [-0.4, -0.2) is 37.2 Å². The maximum atomic E-state index is 12.8. The van der Waals surface area contributed by atoms with E-state index in [2.05, 4.69) is 106 Å². The predicted octanol–water partition coefficient (Wildman–Crippen LogP) is 16.4. The average molecular weight is 849 g/mol. The summed E-state index contributed by atoms with van der Waals surface area (Å²) in [7, 11) is 0. The van der Waals surface area contributed by atoms with Gasteiger partial charge >= 0.3 is 17.9 Å². The monoisotopic (exact) mass is 849 g/mol. The van der Waals surface area contributed by atoms with Gasteiger partial charge in [-0.1, -0.05) is 183 Å². The van der Waals surface area contributed by atoms with Crippen molar-refractivity contribution in [1.82, 2.24) is 0 Å². The van der Waals surface area contributed by atoms with Crippen LogP contribution in [-0.2, 0) is 28.6 Å². The number of ether oxygens (including phenoxy) is 3. The molecule has 1 unspecified atom stereocenters. The molecular formula is C55H92O6. The summed E-state index contributed by atoms with van der Waals surface area (Å²) in [5.74, 6) is -0.983. The summed E-state index contributed by atoms with van der Waals surface area (Å²) in [5.41, 5.74) is 0. The van der Waals surface area contributed by atoms with Crippen molar-refractivity contribution in [3.8, 4) is 0 Å². The molecule has 61 heavy (non-hydrogen) atoms. The zero-order valence-corrected chi connectivity index (χ0v) is 39.7. The third-order valence-electron chi connectivity index (χ3n) is 10.4. The van der Waals surface area contributed by atoms with Crippen LogP contribution in [0.2, 0.25) is 0 Å². The van der Waals surface area contributed by atoms with Crippen LogP contribution in [0.4, 0.5) is 0 Å². The molecule has 0 aliphatic rings. The molecule has 0 spiro atoms. The number of hydrogen-bond donors (Lipinski definition) is 0. The first-order valence-corrected chi connectivity index (χ1v) is 25.1. The molecule has 0 aliphatic heterocycles. The predicted molar refractivity (Wildman–Crippen MR) is 261 cm³/mol. The van der Waals surface area contributed by atoms with Gasteiger partial charge < -0.3 is 14.2 Å². The fraction of sp³-hybridized carbons (Fsp3) is 0.691. The van der Waals surface area contributed by atoms with Crippen LogP contribution in [0.5, 0.6) is 0 Å². The van der Waals surface area contributed by atoms with Crippen LogP contribution in [0.3, 0.4) is 0 Å². The highest BCUT2D eigenvalue weighted by molar-refractivity contribution is 5.71. The van der Waals surface area contributed by atoms with Gasteiger partial charge in [-0.3, -0.25) is 14.4 Å². The largest absolute Gasteiger partial charge is 0.462 e. The van der Waals surface area contributed by atoms with E-state index in [0.717, 1.165) is 103 Å². The third kappa shape index (κ3) is 47.5. The van der Waals surface area contributed by atoms with Crippen molar-refractivity contribution in [3.63, 3.8) is 0 Å². The van der Waals surface area contributed by atoms with Gasteiger partial charge in [0.05, 0.1) is 0 Å². The fourth-order valence-electron chi connectivity index (χ4n) is 6.58. The molecule has 348 valence electrons. The van der Waals surface area contributed by atoms with E-state index in [4.69, 9.17) is 14.2 Å². The molecule has 0 radical (unpaired) electrons. The van der Waals surface area contributed by atoms with Gasteiger partial charge in [0.1, 0.15) is 13.2 Å². The van der Waals surface area contributed by atoms with E-state index >= 15 is 0 Å². The minimum Gasteiger partial charge on any atom is -0.462 e. The number of unbranched alkanes of at least 4 members (excludes halogenated alkanes) is 19. The van der Waals surface area contributed by atoms with Crippen molar-refractivity contribution in [1.29, 1.82) is 0 Å². The molecule has 0 aromatic heterocycles. The van der Waals surface area contributed by atoms with Crippen molar-refractivity contribution in [2.75, 3.05) is 13.2 Å². The minimum atomic E-state index is -0.806. The van der Waals surface area contributed by atoms with Crippen LogP contribution in [0.1, 0.15) is 226 Å². The third-order valence-corrected chi connectivity index (χ3v) is 10.4. The first-order valence-electron chi connectivity index (χ1n) is 25.1. The quantitative estimate of drug-likeness (QED) is 0.0263. The Morgan fingerprint density at radius 3 is 1.11 bits per heavy atom. The van der Waals surface area contributed by atoms with Crippen molar-refractivity contribution in [2.45, 2.75) is 232 Å². The second-order valence-electron chi connectivity index (χ2n) is 16.3. The molecule has 0 saturated carbocycles. The molecule has 1 atom stereocenters. The van der Waals surface area contributed by atoms with Gasteiger partial charge in [0.2, 0.25) is 0 Å². The first kappa shape index (κ1) is 57.6. The lowest BCUT2D eigenvalue weighted by molar-refractivity contribution is -0.167. The molecular weight excluding hydrogens is 757 g/mol. The van der Waals surface area contributed by atoms with Gasteiger partial charge in [0.15, 0.2) is 6.10 Å². The highest BCUT2D eigenvalue weighted by Gasteiger charge is 2.19. The molecule has 0 heterocycles. The van der Waals surface area contributed by atoms with E-state index in [-0.39, 0.29) is 37.5 Å². The van der Waals surface area contributed by atoms with E-state index in [1.807, 2.05) is 0 Å². The van der Waals surface area contributed by atoms with Crippen LogP contribution < -0.4 is 0 Å². The Kier molecular flexibility index (Phi) is 46.5. The minimum absolute atomic E-state index is 0.102. The SMILES string of the molecule is CC/C=C\C/C=C\C/C=C\C/C=C\C/C=C\CCCC(=O)OCC(COC(=O)CCCCCCC/C=C\CCCCC)OC(=O)CCCCCCC/C=C\CCCCCCC. The summed E-state index contributed by atoms with van der Waals surface area (Å²) in [5, 5.41) is 0. The molecule has 0 aliphatic carbocycles. The highest BCUT2D eigenvalue weighted by atomic mass is 16.6. The van der Waals surface area contributed by atoms with Crippen LogP contribution in [0.15, 0.2) is 85.1 Å². The average Bonchev–Trinajstić information content (AvgIpc) is 3.26. The van der Waals surface area contributed by atoms with Gasteiger partial charge in [-0.05, 0) is 109 Å². The molecule has 0 bridgehead atoms. The van der Waals surface area contributed by atoms with Crippen molar-refractivity contribution >= 4 is 17.9 Å².